The summed E-state index contributed by atoms with van der Waals surface area (Å²) in [7, 11) is 1.55. The molecule has 2 heterocycles. The maximum atomic E-state index is 14.0. The third-order valence-corrected chi connectivity index (χ3v) is 6.77. The Bertz CT molecular complexity index is 1600. The Hall–Kier alpha value is -4.52. The van der Waals surface area contributed by atoms with Gasteiger partial charge in [0, 0.05) is 5.69 Å². The Labute approximate surface area is 220 Å². The maximum absolute atomic E-state index is 14.0. The van der Waals surface area contributed by atoms with Gasteiger partial charge in [0.05, 0.1) is 30.7 Å². The van der Waals surface area contributed by atoms with Crippen molar-refractivity contribution in [3.8, 4) is 17.2 Å². The molecular formula is C31H29NO6. The summed E-state index contributed by atoms with van der Waals surface area (Å²) in [5.74, 6) is 1.35. The van der Waals surface area contributed by atoms with Crippen LogP contribution < -0.4 is 24.5 Å². The number of fused-ring (bicyclic) bond motifs is 2. The molecule has 3 aromatic carbocycles. The van der Waals surface area contributed by atoms with E-state index < -0.39 is 11.9 Å². The third kappa shape index (κ3) is 4.20. The summed E-state index contributed by atoms with van der Waals surface area (Å²) in [5.41, 5.74) is 3.69. The fourth-order valence-corrected chi connectivity index (χ4v) is 4.80. The monoisotopic (exact) mass is 511 g/mol. The summed E-state index contributed by atoms with van der Waals surface area (Å²) < 4.78 is 23.0. The molecule has 1 atom stereocenters. The van der Waals surface area contributed by atoms with E-state index in [0.717, 1.165) is 11.1 Å². The summed E-state index contributed by atoms with van der Waals surface area (Å²) >= 11 is 0. The van der Waals surface area contributed by atoms with Crippen LogP contribution in [-0.2, 0) is 0 Å². The van der Waals surface area contributed by atoms with Crippen molar-refractivity contribution < 1.29 is 23.4 Å². The minimum absolute atomic E-state index is 0.0376. The van der Waals surface area contributed by atoms with Crippen molar-refractivity contribution in [2.75, 3.05) is 25.2 Å². The number of anilines is 1. The molecule has 194 valence electrons. The van der Waals surface area contributed by atoms with Crippen LogP contribution in [0.3, 0.4) is 0 Å². The van der Waals surface area contributed by atoms with Crippen molar-refractivity contribution in [1.82, 2.24) is 0 Å². The highest BCUT2D eigenvalue weighted by Crippen LogP contribution is 2.43. The number of carbonyl (C=O) groups is 1. The molecule has 0 aliphatic carbocycles. The molecule has 7 heteroatoms. The molecule has 1 aliphatic rings. The Balaban J connectivity index is 1.74. The van der Waals surface area contributed by atoms with Crippen LogP contribution in [0.4, 0.5) is 5.69 Å². The smallest absolute Gasteiger partial charge is 0.295 e. The molecule has 0 bridgehead atoms. The van der Waals surface area contributed by atoms with E-state index in [9.17, 15) is 9.59 Å². The number of hydrogen-bond acceptors (Lipinski definition) is 6. The lowest BCUT2D eigenvalue weighted by molar-refractivity contribution is 0.0971. The Kier molecular flexibility index (Phi) is 6.68. The standard InChI is InChI=1S/C31H29NO6/c1-6-14-37-24-13-8-20(17-26(24)35-5)28-27-29(33)23-15-18(3)19(4)16-25(23)38-30(27)31(34)32(28)21-9-11-22(12-10-21)36-7-2/h6,8-13,15-17,28H,1,7,14H2,2-5H3. The Morgan fingerprint density at radius 3 is 2.39 bits per heavy atom. The van der Waals surface area contributed by atoms with Gasteiger partial charge in [-0.05, 0) is 86.0 Å². The average molecular weight is 512 g/mol. The van der Waals surface area contributed by atoms with Gasteiger partial charge in [0.1, 0.15) is 17.9 Å². The zero-order valence-electron chi connectivity index (χ0n) is 21.9. The zero-order valence-corrected chi connectivity index (χ0v) is 21.9. The summed E-state index contributed by atoms with van der Waals surface area (Å²) in [6.45, 7) is 10.3. The highest BCUT2D eigenvalue weighted by molar-refractivity contribution is 6.10. The van der Waals surface area contributed by atoms with Gasteiger partial charge < -0.3 is 18.6 Å². The van der Waals surface area contributed by atoms with Crippen molar-refractivity contribution >= 4 is 22.6 Å². The van der Waals surface area contributed by atoms with E-state index in [2.05, 4.69) is 6.58 Å². The molecule has 0 fully saturated rings. The van der Waals surface area contributed by atoms with E-state index in [-0.39, 0.29) is 11.2 Å². The Morgan fingerprint density at radius 1 is 0.974 bits per heavy atom. The number of hydrogen-bond donors (Lipinski definition) is 0. The fourth-order valence-electron chi connectivity index (χ4n) is 4.80. The van der Waals surface area contributed by atoms with E-state index in [1.54, 1.807) is 54.5 Å². The first-order valence-corrected chi connectivity index (χ1v) is 12.4. The Morgan fingerprint density at radius 2 is 1.71 bits per heavy atom. The van der Waals surface area contributed by atoms with Crippen LogP contribution in [0, 0.1) is 13.8 Å². The highest BCUT2D eigenvalue weighted by atomic mass is 16.5. The second kappa shape index (κ2) is 10.1. The van der Waals surface area contributed by atoms with Crippen molar-refractivity contribution in [1.29, 1.82) is 0 Å². The number of benzene rings is 3. The normalized spacial score (nSPS) is 14.5. The quantitative estimate of drug-likeness (QED) is 0.265. The zero-order chi connectivity index (χ0) is 27.0. The minimum Gasteiger partial charge on any atom is -0.494 e. The first-order chi connectivity index (χ1) is 18.4. The highest BCUT2D eigenvalue weighted by Gasteiger charge is 2.44. The lowest BCUT2D eigenvalue weighted by Crippen LogP contribution is -2.29. The summed E-state index contributed by atoms with van der Waals surface area (Å²) in [6.07, 6.45) is 1.65. The van der Waals surface area contributed by atoms with Crippen LogP contribution in [0.2, 0.25) is 0 Å². The van der Waals surface area contributed by atoms with Crippen LogP contribution >= 0.6 is 0 Å². The SMILES string of the molecule is C=CCOc1ccc(C2c3c(oc4cc(C)c(C)cc4c3=O)C(=O)N2c2ccc(OCC)cc2)cc1OC. The molecule has 1 aliphatic heterocycles. The predicted molar refractivity (Wildman–Crippen MR) is 147 cm³/mol. The topological polar surface area (TPSA) is 78.2 Å². The summed E-state index contributed by atoms with van der Waals surface area (Å²) in [4.78, 5) is 29.4. The van der Waals surface area contributed by atoms with Gasteiger partial charge in [0.25, 0.3) is 5.91 Å². The van der Waals surface area contributed by atoms with Gasteiger partial charge in [-0.2, -0.15) is 0 Å². The maximum Gasteiger partial charge on any atom is 0.295 e. The molecule has 0 saturated carbocycles. The minimum atomic E-state index is -0.736. The van der Waals surface area contributed by atoms with Crippen molar-refractivity contribution in [3.63, 3.8) is 0 Å². The van der Waals surface area contributed by atoms with Crippen LogP contribution in [0.25, 0.3) is 11.0 Å². The van der Waals surface area contributed by atoms with Gasteiger partial charge in [-0.15, -0.1) is 0 Å². The molecular weight excluding hydrogens is 482 g/mol. The number of nitrogens with zero attached hydrogens (tertiary/aromatic N) is 1. The van der Waals surface area contributed by atoms with Crippen molar-refractivity contribution in [2.45, 2.75) is 26.8 Å². The van der Waals surface area contributed by atoms with Gasteiger partial charge >= 0.3 is 0 Å². The number of aryl methyl sites for hydroxylation is 2. The second-order valence-corrected chi connectivity index (χ2v) is 9.12. The van der Waals surface area contributed by atoms with Gasteiger partial charge in [0.2, 0.25) is 5.76 Å². The van der Waals surface area contributed by atoms with Crippen LogP contribution in [0.1, 0.15) is 45.8 Å². The fraction of sp³-hybridized carbons (Fsp3) is 0.226. The number of carbonyl (C=O) groups excluding carboxylic acids is 1. The largest absolute Gasteiger partial charge is 0.494 e. The number of methoxy groups -OCH3 is 1. The molecule has 0 N–H and O–H groups in total. The average Bonchev–Trinajstić information content (AvgIpc) is 3.21. The van der Waals surface area contributed by atoms with E-state index in [4.69, 9.17) is 18.6 Å². The molecule has 1 unspecified atom stereocenters. The lowest BCUT2D eigenvalue weighted by Gasteiger charge is -2.26. The molecule has 1 aromatic heterocycles. The molecule has 7 nitrogen and oxygen atoms in total. The van der Waals surface area contributed by atoms with Crippen LogP contribution in [0.5, 0.6) is 17.2 Å². The van der Waals surface area contributed by atoms with Gasteiger partial charge in [0.15, 0.2) is 16.9 Å². The first-order valence-electron chi connectivity index (χ1n) is 12.4. The molecule has 38 heavy (non-hydrogen) atoms. The molecule has 4 aromatic rings. The van der Waals surface area contributed by atoms with Crippen molar-refractivity contribution in [3.05, 3.63) is 105 Å². The van der Waals surface area contributed by atoms with Gasteiger partial charge in [-0.1, -0.05) is 18.7 Å². The molecule has 5 rings (SSSR count). The predicted octanol–water partition coefficient (Wildman–Crippen LogP) is 6.13. The third-order valence-electron chi connectivity index (χ3n) is 6.77. The number of ether oxygens (including phenoxy) is 3. The molecule has 0 spiro atoms. The lowest BCUT2D eigenvalue weighted by atomic mass is 9.97. The van der Waals surface area contributed by atoms with E-state index in [1.165, 1.54) is 0 Å². The van der Waals surface area contributed by atoms with Gasteiger partial charge in [-0.3, -0.25) is 14.5 Å². The van der Waals surface area contributed by atoms with Crippen molar-refractivity contribution in [2.24, 2.45) is 0 Å². The van der Waals surface area contributed by atoms with E-state index in [0.29, 0.717) is 58.2 Å². The number of amides is 1. The summed E-state index contributed by atoms with van der Waals surface area (Å²) in [6, 6.07) is 15.5. The molecule has 0 saturated heterocycles. The number of rotatable bonds is 8. The molecule has 0 radical (unpaired) electrons. The van der Waals surface area contributed by atoms with E-state index in [1.807, 2.05) is 39.0 Å². The van der Waals surface area contributed by atoms with Crippen LogP contribution in [-0.4, -0.2) is 26.2 Å². The van der Waals surface area contributed by atoms with Gasteiger partial charge in [-0.25, -0.2) is 0 Å². The molecule has 1 amide bonds. The van der Waals surface area contributed by atoms with E-state index >= 15 is 0 Å². The summed E-state index contributed by atoms with van der Waals surface area (Å²) in [5, 5.41) is 0.441. The second-order valence-electron chi connectivity index (χ2n) is 9.12. The van der Waals surface area contributed by atoms with Crippen LogP contribution in [0.15, 0.2) is 76.5 Å². The first kappa shape index (κ1) is 25.1.